The third kappa shape index (κ3) is 6.33. The van der Waals surface area contributed by atoms with Gasteiger partial charge in [0.15, 0.2) is 0 Å². The fraction of sp³-hybridized carbons (Fsp3) is 1.00. The summed E-state index contributed by atoms with van der Waals surface area (Å²) in [5, 5.41) is 3.55. The van der Waals surface area contributed by atoms with Gasteiger partial charge < -0.3 is 14.4 Å². The highest BCUT2D eigenvalue weighted by Gasteiger charge is 2.22. The summed E-state index contributed by atoms with van der Waals surface area (Å²) in [6, 6.07) is 0.664. The second-order valence-corrected chi connectivity index (χ2v) is 7.00. The summed E-state index contributed by atoms with van der Waals surface area (Å²) >= 11 is 0. The van der Waals surface area contributed by atoms with Crippen molar-refractivity contribution in [1.29, 1.82) is 0 Å². The monoisotopic (exact) mass is 277 g/mol. The van der Waals surface area contributed by atoms with E-state index in [1.54, 1.807) is 0 Å². The van der Waals surface area contributed by atoms with E-state index in [4.69, 9.17) is 9.05 Å². The fourth-order valence-corrected chi connectivity index (χ4v) is 4.11. The summed E-state index contributed by atoms with van der Waals surface area (Å²) in [7, 11) is -2.83. The molecule has 0 saturated heterocycles. The first-order chi connectivity index (χ1) is 8.70. The van der Waals surface area contributed by atoms with Crippen LogP contribution in [0.5, 0.6) is 0 Å². The highest BCUT2D eigenvalue weighted by molar-refractivity contribution is 7.53. The molecule has 0 bridgehead atoms. The Kier molecular flexibility index (Phi) is 8.16. The van der Waals surface area contributed by atoms with E-state index in [0.29, 0.717) is 25.4 Å². The van der Waals surface area contributed by atoms with Gasteiger partial charge in [0, 0.05) is 6.04 Å². The van der Waals surface area contributed by atoms with E-state index < -0.39 is 7.60 Å². The van der Waals surface area contributed by atoms with Crippen LogP contribution in [0.1, 0.15) is 52.4 Å². The van der Waals surface area contributed by atoms with E-state index in [1.807, 2.05) is 13.8 Å². The topological polar surface area (TPSA) is 47.6 Å². The van der Waals surface area contributed by atoms with Gasteiger partial charge >= 0.3 is 7.60 Å². The molecule has 1 aliphatic carbocycles. The molecular weight excluding hydrogens is 249 g/mol. The lowest BCUT2D eigenvalue weighted by atomic mass is 9.95. The molecule has 0 atom stereocenters. The number of nitrogens with one attached hydrogen (secondary N) is 1. The minimum atomic E-state index is -2.83. The van der Waals surface area contributed by atoms with Crippen molar-refractivity contribution < 1.29 is 13.6 Å². The van der Waals surface area contributed by atoms with Crippen molar-refractivity contribution in [2.75, 3.05) is 25.9 Å². The molecule has 0 aromatic carbocycles. The summed E-state index contributed by atoms with van der Waals surface area (Å²) in [5.41, 5.74) is 0. The molecule has 18 heavy (non-hydrogen) atoms. The average molecular weight is 277 g/mol. The van der Waals surface area contributed by atoms with Crippen molar-refractivity contribution in [2.24, 2.45) is 0 Å². The van der Waals surface area contributed by atoms with Gasteiger partial charge in [-0.25, -0.2) is 0 Å². The Bertz CT molecular complexity index is 245. The van der Waals surface area contributed by atoms with Crippen molar-refractivity contribution in [3.63, 3.8) is 0 Å². The van der Waals surface area contributed by atoms with E-state index in [2.05, 4.69) is 5.32 Å². The quantitative estimate of drug-likeness (QED) is 0.517. The lowest BCUT2D eigenvalue weighted by Crippen LogP contribution is -2.32. The molecule has 0 heterocycles. The molecular formula is C13H28NO3P. The number of rotatable bonds is 9. The van der Waals surface area contributed by atoms with Crippen LogP contribution >= 0.6 is 7.60 Å². The third-order valence-corrected chi connectivity index (χ3v) is 5.47. The van der Waals surface area contributed by atoms with Gasteiger partial charge in [-0.05, 0) is 39.7 Å². The molecule has 0 aromatic rings. The van der Waals surface area contributed by atoms with Crippen LogP contribution in [0.2, 0.25) is 0 Å². The normalized spacial score (nSPS) is 18.1. The molecule has 0 spiro atoms. The van der Waals surface area contributed by atoms with Crippen LogP contribution in [-0.4, -0.2) is 32.0 Å². The maximum Gasteiger partial charge on any atom is 0.330 e. The summed E-state index contributed by atoms with van der Waals surface area (Å²) in [6.45, 7) is 5.52. The van der Waals surface area contributed by atoms with Crippen LogP contribution in [0, 0.1) is 0 Å². The molecule has 0 aliphatic heterocycles. The zero-order valence-electron chi connectivity index (χ0n) is 11.8. The van der Waals surface area contributed by atoms with Crippen LogP contribution in [-0.2, 0) is 13.6 Å². The van der Waals surface area contributed by atoms with E-state index in [0.717, 1.165) is 13.0 Å². The SMILES string of the molecule is CCOP(=O)(CCCNC1CCCCC1)OCC. The summed E-state index contributed by atoms with van der Waals surface area (Å²) in [6.07, 6.45) is 8.01. The largest absolute Gasteiger partial charge is 0.330 e. The number of hydrogen-bond acceptors (Lipinski definition) is 4. The Hall–Kier alpha value is 0.110. The molecule has 1 aliphatic rings. The van der Waals surface area contributed by atoms with Crippen LogP contribution in [0.15, 0.2) is 0 Å². The lowest BCUT2D eigenvalue weighted by Gasteiger charge is -2.23. The lowest BCUT2D eigenvalue weighted by molar-refractivity contribution is 0.219. The molecule has 108 valence electrons. The van der Waals surface area contributed by atoms with Gasteiger partial charge in [-0.2, -0.15) is 0 Å². The second kappa shape index (κ2) is 9.08. The van der Waals surface area contributed by atoms with E-state index in [9.17, 15) is 4.57 Å². The highest BCUT2D eigenvalue weighted by atomic mass is 31.2. The summed E-state index contributed by atoms with van der Waals surface area (Å²) in [5.74, 6) is 0. The summed E-state index contributed by atoms with van der Waals surface area (Å²) < 4.78 is 22.7. The zero-order valence-corrected chi connectivity index (χ0v) is 12.7. The number of hydrogen-bond donors (Lipinski definition) is 1. The van der Waals surface area contributed by atoms with Gasteiger partial charge in [-0.3, -0.25) is 4.57 Å². The molecule has 0 radical (unpaired) electrons. The fourth-order valence-electron chi connectivity index (χ4n) is 2.45. The second-order valence-electron chi connectivity index (χ2n) is 4.81. The molecule has 4 nitrogen and oxygen atoms in total. The minimum absolute atomic E-state index is 0.452. The van der Waals surface area contributed by atoms with E-state index in [1.165, 1.54) is 32.1 Å². The van der Waals surface area contributed by atoms with E-state index >= 15 is 0 Å². The van der Waals surface area contributed by atoms with Crippen LogP contribution in [0.25, 0.3) is 0 Å². The Morgan fingerprint density at radius 2 is 1.72 bits per heavy atom. The van der Waals surface area contributed by atoms with Crippen molar-refractivity contribution in [1.82, 2.24) is 5.32 Å². The maximum absolute atomic E-state index is 12.2. The Morgan fingerprint density at radius 3 is 2.28 bits per heavy atom. The Morgan fingerprint density at radius 1 is 1.11 bits per heavy atom. The van der Waals surface area contributed by atoms with Gasteiger partial charge in [0.05, 0.1) is 19.4 Å². The molecule has 1 rings (SSSR count). The van der Waals surface area contributed by atoms with Gasteiger partial charge in [-0.15, -0.1) is 0 Å². The molecule has 0 aromatic heterocycles. The minimum Gasteiger partial charge on any atom is -0.314 e. The van der Waals surface area contributed by atoms with Crippen molar-refractivity contribution in [3.8, 4) is 0 Å². The van der Waals surface area contributed by atoms with Gasteiger partial charge in [0.25, 0.3) is 0 Å². The van der Waals surface area contributed by atoms with Crippen molar-refractivity contribution >= 4 is 7.60 Å². The van der Waals surface area contributed by atoms with E-state index in [-0.39, 0.29) is 0 Å². The van der Waals surface area contributed by atoms with Gasteiger partial charge in [-0.1, -0.05) is 19.3 Å². The molecule has 1 fully saturated rings. The van der Waals surface area contributed by atoms with Gasteiger partial charge in [0.2, 0.25) is 0 Å². The maximum atomic E-state index is 12.2. The predicted octanol–water partition coefficient (Wildman–Crippen LogP) is 3.56. The molecule has 0 amide bonds. The first-order valence-corrected chi connectivity index (χ1v) is 9.04. The van der Waals surface area contributed by atoms with Crippen LogP contribution in [0.3, 0.4) is 0 Å². The standard InChI is InChI=1S/C13H28NO3P/c1-3-16-18(15,17-4-2)12-8-11-14-13-9-6-5-7-10-13/h13-14H,3-12H2,1-2H3. The average Bonchev–Trinajstić information content (AvgIpc) is 2.37. The Balaban J connectivity index is 2.15. The van der Waals surface area contributed by atoms with Crippen molar-refractivity contribution in [2.45, 2.75) is 58.4 Å². The van der Waals surface area contributed by atoms with Gasteiger partial charge in [0.1, 0.15) is 0 Å². The smallest absolute Gasteiger partial charge is 0.314 e. The first-order valence-electron chi connectivity index (χ1n) is 7.31. The highest BCUT2D eigenvalue weighted by Crippen LogP contribution is 2.48. The first kappa shape index (κ1) is 16.2. The molecule has 1 N–H and O–H groups in total. The Labute approximate surface area is 111 Å². The van der Waals surface area contributed by atoms with Crippen LogP contribution in [0.4, 0.5) is 0 Å². The molecule has 5 heteroatoms. The predicted molar refractivity (Wildman–Crippen MR) is 75.2 cm³/mol. The van der Waals surface area contributed by atoms with Crippen molar-refractivity contribution in [3.05, 3.63) is 0 Å². The summed E-state index contributed by atoms with van der Waals surface area (Å²) in [4.78, 5) is 0. The van der Waals surface area contributed by atoms with Crippen LogP contribution < -0.4 is 5.32 Å². The zero-order chi connectivity index (χ0) is 13.3. The third-order valence-electron chi connectivity index (χ3n) is 3.30. The molecule has 1 saturated carbocycles. The molecule has 0 unspecified atom stereocenters.